The van der Waals surface area contributed by atoms with Gasteiger partial charge in [0.05, 0.1) is 5.69 Å². The largest absolute Gasteiger partial charge is 0.370 e. The maximum absolute atomic E-state index is 13.5. The molecule has 27 heavy (non-hydrogen) atoms. The molecule has 3 aliphatic heterocycles. The van der Waals surface area contributed by atoms with Crippen LogP contribution in [0.25, 0.3) is 0 Å². The monoisotopic (exact) mass is 391 g/mol. The Bertz CT molecular complexity index is 793. The lowest BCUT2D eigenvalue weighted by molar-refractivity contribution is 0.0651. The van der Waals surface area contributed by atoms with E-state index in [0.29, 0.717) is 23.5 Å². The minimum absolute atomic E-state index is 0.0541. The van der Waals surface area contributed by atoms with E-state index >= 15 is 0 Å². The average Bonchev–Trinajstić information content (AvgIpc) is 2.67. The molecule has 6 nitrogen and oxygen atoms in total. The van der Waals surface area contributed by atoms with E-state index in [9.17, 15) is 13.2 Å². The van der Waals surface area contributed by atoms with Crippen molar-refractivity contribution in [1.82, 2.24) is 9.21 Å². The lowest BCUT2D eigenvalue weighted by Crippen LogP contribution is -2.42. The van der Waals surface area contributed by atoms with Crippen LogP contribution < -0.4 is 4.90 Å². The number of carbonyl (C=O) groups excluding carboxylic acids is 1. The molecular formula is C20H29N3O3S. The van der Waals surface area contributed by atoms with Crippen molar-refractivity contribution in [2.24, 2.45) is 0 Å². The zero-order valence-corrected chi connectivity index (χ0v) is 16.7. The molecule has 4 rings (SSSR count). The summed E-state index contributed by atoms with van der Waals surface area (Å²) < 4.78 is 28.5. The molecule has 1 aromatic rings. The molecule has 3 heterocycles. The number of hydrogen-bond donors (Lipinski definition) is 0. The Labute approximate surface area is 162 Å². The van der Waals surface area contributed by atoms with Gasteiger partial charge in [-0.05, 0) is 56.7 Å². The molecular weight excluding hydrogens is 362 g/mol. The van der Waals surface area contributed by atoms with Gasteiger partial charge in [0, 0.05) is 44.8 Å². The summed E-state index contributed by atoms with van der Waals surface area (Å²) in [4.78, 5) is 17.0. The van der Waals surface area contributed by atoms with Crippen molar-refractivity contribution in [3.8, 4) is 0 Å². The molecule has 1 amide bonds. The van der Waals surface area contributed by atoms with E-state index in [2.05, 4.69) is 4.90 Å². The van der Waals surface area contributed by atoms with Crippen molar-refractivity contribution >= 4 is 21.6 Å². The number of hydrogen-bond acceptors (Lipinski definition) is 4. The number of carbonyl (C=O) groups is 1. The van der Waals surface area contributed by atoms with Crippen LogP contribution in [0.2, 0.25) is 0 Å². The van der Waals surface area contributed by atoms with Crippen molar-refractivity contribution in [3.63, 3.8) is 0 Å². The maximum atomic E-state index is 13.5. The van der Waals surface area contributed by atoms with E-state index in [0.717, 1.165) is 70.4 Å². The number of rotatable bonds is 4. The zero-order valence-electron chi connectivity index (χ0n) is 15.9. The molecule has 1 aromatic carbocycles. The molecule has 0 radical (unpaired) electrons. The molecule has 0 N–H and O–H groups in total. The summed E-state index contributed by atoms with van der Waals surface area (Å²) in [6, 6.07) is 5.30. The van der Waals surface area contributed by atoms with Gasteiger partial charge in [-0.1, -0.05) is 6.42 Å². The Hall–Kier alpha value is -1.60. The quantitative estimate of drug-likeness (QED) is 0.792. The van der Waals surface area contributed by atoms with Gasteiger partial charge in [0.1, 0.15) is 4.90 Å². The fourth-order valence-electron chi connectivity index (χ4n) is 4.20. The molecule has 3 saturated heterocycles. The molecule has 0 aliphatic carbocycles. The first-order chi connectivity index (χ1) is 13.1. The Kier molecular flexibility index (Phi) is 5.41. The third-order valence-electron chi connectivity index (χ3n) is 5.98. The van der Waals surface area contributed by atoms with Gasteiger partial charge in [-0.3, -0.25) is 4.79 Å². The van der Waals surface area contributed by atoms with Crippen LogP contribution >= 0.6 is 0 Å². The third-order valence-corrected chi connectivity index (χ3v) is 7.91. The average molecular weight is 392 g/mol. The van der Waals surface area contributed by atoms with Gasteiger partial charge < -0.3 is 9.80 Å². The van der Waals surface area contributed by atoms with Gasteiger partial charge in [-0.15, -0.1) is 0 Å². The van der Waals surface area contributed by atoms with Crippen molar-refractivity contribution in [2.45, 2.75) is 49.8 Å². The van der Waals surface area contributed by atoms with Crippen LogP contribution in [-0.4, -0.2) is 62.8 Å². The van der Waals surface area contributed by atoms with Gasteiger partial charge in [-0.2, -0.15) is 4.31 Å². The number of nitrogens with zero attached hydrogens (tertiary/aromatic N) is 3. The molecule has 0 aromatic heterocycles. The summed E-state index contributed by atoms with van der Waals surface area (Å²) >= 11 is 0. The minimum atomic E-state index is -3.59. The van der Waals surface area contributed by atoms with Gasteiger partial charge in [-0.25, -0.2) is 8.42 Å². The summed E-state index contributed by atoms with van der Waals surface area (Å²) in [6.07, 6.45) is 7.27. The lowest BCUT2D eigenvalue weighted by Gasteiger charge is -2.34. The fraction of sp³-hybridized carbons (Fsp3) is 0.650. The van der Waals surface area contributed by atoms with Crippen molar-refractivity contribution < 1.29 is 13.2 Å². The van der Waals surface area contributed by atoms with Crippen LogP contribution in [0.1, 0.15) is 55.3 Å². The van der Waals surface area contributed by atoms with Crippen LogP contribution in [0.3, 0.4) is 0 Å². The van der Waals surface area contributed by atoms with Gasteiger partial charge >= 0.3 is 0 Å². The molecule has 3 fully saturated rings. The van der Waals surface area contributed by atoms with Crippen LogP contribution in [0.5, 0.6) is 0 Å². The highest BCUT2D eigenvalue weighted by Crippen LogP contribution is 2.33. The molecule has 3 aliphatic rings. The van der Waals surface area contributed by atoms with Crippen molar-refractivity contribution in [3.05, 3.63) is 23.8 Å². The fourth-order valence-corrected chi connectivity index (χ4v) is 5.95. The Morgan fingerprint density at radius 2 is 1.41 bits per heavy atom. The SMILES string of the molecule is O=C(c1ccc(N2CCCCC2)c(S(=O)(=O)N2CCCCC2)c1)N1CCC1. The number of likely N-dealkylation sites (tertiary alicyclic amines) is 1. The maximum Gasteiger partial charge on any atom is 0.253 e. The second-order valence-electron chi connectivity index (χ2n) is 7.84. The standard InChI is InChI=1S/C20H29N3O3S/c24-20(22-12-7-13-22)17-8-9-18(21-10-3-1-4-11-21)19(16-17)27(25,26)23-14-5-2-6-15-23/h8-9,16H,1-7,10-15H2. The second kappa shape index (κ2) is 7.80. The predicted molar refractivity (Wildman–Crippen MR) is 106 cm³/mol. The number of benzene rings is 1. The van der Waals surface area contributed by atoms with Crippen LogP contribution in [0.15, 0.2) is 23.1 Å². The van der Waals surface area contributed by atoms with E-state index in [1.807, 2.05) is 6.07 Å². The van der Waals surface area contributed by atoms with Crippen molar-refractivity contribution in [2.75, 3.05) is 44.2 Å². The summed E-state index contributed by atoms with van der Waals surface area (Å²) in [5.74, 6) is -0.0541. The Morgan fingerprint density at radius 3 is 2.00 bits per heavy atom. The van der Waals surface area contributed by atoms with E-state index in [1.165, 1.54) is 6.42 Å². The first-order valence-corrected chi connectivity index (χ1v) is 11.7. The van der Waals surface area contributed by atoms with Gasteiger partial charge in [0.2, 0.25) is 10.0 Å². The van der Waals surface area contributed by atoms with Gasteiger partial charge in [0.25, 0.3) is 5.91 Å². The molecule has 0 unspecified atom stereocenters. The Morgan fingerprint density at radius 1 is 0.778 bits per heavy atom. The van der Waals surface area contributed by atoms with E-state index in [4.69, 9.17) is 0 Å². The molecule has 148 valence electrons. The minimum Gasteiger partial charge on any atom is -0.370 e. The molecule has 0 atom stereocenters. The normalized spacial score (nSPS) is 21.8. The third kappa shape index (κ3) is 3.72. The summed E-state index contributed by atoms with van der Waals surface area (Å²) in [7, 11) is -3.59. The number of sulfonamides is 1. The molecule has 0 spiro atoms. The highest BCUT2D eigenvalue weighted by molar-refractivity contribution is 7.89. The van der Waals surface area contributed by atoms with Crippen molar-refractivity contribution in [1.29, 1.82) is 0 Å². The molecule has 0 saturated carbocycles. The zero-order chi connectivity index (χ0) is 18.9. The Balaban J connectivity index is 1.73. The molecule has 0 bridgehead atoms. The summed E-state index contributed by atoms with van der Waals surface area (Å²) in [5.41, 5.74) is 1.26. The first-order valence-electron chi connectivity index (χ1n) is 10.3. The second-order valence-corrected chi connectivity index (χ2v) is 9.75. The smallest absolute Gasteiger partial charge is 0.253 e. The topological polar surface area (TPSA) is 60.9 Å². The predicted octanol–water partition coefficient (Wildman–Crippen LogP) is 2.70. The number of amides is 1. The van der Waals surface area contributed by atoms with Crippen LogP contribution in [0.4, 0.5) is 5.69 Å². The number of piperidine rings is 2. The first kappa shape index (κ1) is 18.7. The van der Waals surface area contributed by atoms with E-state index < -0.39 is 10.0 Å². The highest BCUT2D eigenvalue weighted by Gasteiger charge is 2.32. The molecule has 7 heteroatoms. The van der Waals surface area contributed by atoms with E-state index in [-0.39, 0.29) is 5.91 Å². The summed E-state index contributed by atoms with van der Waals surface area (Å²) in [6.45, 7) is 4.43. The van der Waals surface area contributed by atoms with Crippen LogP contribution in [-0.2, 0) is 10.0 Å². The number of anilines is 1. The summed E-state index contributed by atoms with van der Waals surface area (Å²) in [5, 5.41) is 0. The highest BCUT2D eigenvalue weighted by atomic mass is 32.2. The van der Waals surface area contributed by atoms with Gasteiger partial charge in [0.15, 0.2) is 0 Å². The van der Waals surface area contributed by atoms with Crippen LogP contribution in [0, 0.1) is 0 Å². The lowest BCUT2D eigenvalue weighted by atomic mass is 10.1. The van der Waals surface area contributed by atoms with E-state index in [1.54, 1.807) is 21.3 Å².